The molecule has 0 aromatic rings. The summed E-state index contributed by atoms with van der Waals surface area (Å²) in [5, 5.41) is 52.2. The lowest BCUT2D eigenvalue weighted by Gasteiger charge is -2.24. The van der Waals surface area contributed by atoms with Gasteiger partial charge < -0.3 is 45.0 Å². The Balaban J connectivity index is -0.000000137. The zero-order chi connectivity index (χ0) is 20.5. The molecule has 0 aromatic carbocycles. The number of ketones is 3. The number of carbonyl (C=O) groups excluding carboxylic acids is 3. The van der Waals surface area contributed by atoms with Crippen LogP contribution in [0.4, 0.5) is 0 Å². The molecule has 0 fully saturated rings. The number of carbonyl (C=O) groups is 3. The molecule has 24 heavy (non-hydrogen) atoms. The topological polar surface area (TPSA) is 173 Å². The van der Waals surface area contributed by atoms with Crippen molar-refractivity contribution in [2.75, 3.05) is 13.2 Å². The van der Waals surface area contributed by atoms with E-state index in [1.54, 1.807) is 0 Å². The maximum absolute atomic E-state index is 9.44. The van der Waals surface area contributed by atoms with E-state index in [0.29, 0.717) is 0 Å². The van der Waals surface area contributed by atoms with Gasteiger partial charge in [-0.25, -0.2) is 0 Å². The van der Waals surface area contributed by atoms with E-state index >= 15 is 0 Å². The van der Waals surface area contributed by atoms with Crippen molar-refractivity contribution in [1.82, 2.24) is 0 Å². The molecule has 4 atom stereocenters. The Labute approximate surface area is 142 Å². The Morgan fingerprint density at radius 2 is 0.708 bits per heavy atom. The summed E-state index contributed by atoms with van der Waals surface area (Å²) in [4.78, 5) is 28.3. The Hall–Kier alpha value is -1.23. The molecule has 0 saturated carbocycles. The second-order valence-electron chi connectivity index (χ2n) is 5.21. The molecule has 0 aliphatic heterocycles. The average Bonchev–Trinajstić information content (AvgIpc) is 2.42. The van der Waals surface area contributed by atoms with Gasteiger partial charge in [-0.15, -0.1) is 0 Å². The fourth-order valence-corrected chi connectivity index (χ4v) is 0.671. The summed E-state index contributed by atoms with van der Waals surface area (Å²) in [5.74, 6) is 0.500. The van der Waals surface area contributed by atoms with Crippen molar-refractivity contribution in [3.8, 4) is 0 Å². The molecule has 0 saturated heterocycles. The molecule has 0 amide bonds. The van der Waals surface area contributed by atoms with E-state index in [-0.39, 0.29) is 17.3 Å². The van der Waals surface area contributed by atoms with Crippen molar-refractivity contribution >= 4 is 17.3 Å². The summed E-state index contributed by atoms with van der Waals surface area (Å²) in [7, 11) is 0. The first-order valence-corrected chi connectivity index (χ1v) is 7.09. The third-order valence-corrected chi connectivity index (χ3v) is 1.51. The molecule has 0 aliphatic rings. The molecule has 9 nitrogen and oxygen atoms in total. The number of aliphatic hydroxyl groups excluding tert-OH is 6. The number of hydrogen-bond acceptors (Lipinski definition) is 9. The summed E-state index contributed by atoms with van der Waals surface area (Å²) in [6.45, 7) is 7.72. The average molecular weight is 356 g/mol. The summed E-state index contributed by atoms with van der Waals surface area (Å²) in [5.41, 5.74) is 0. The molecule has 0 heterocycles. The predicted molar refractivity (Wildman–Crippen MR) is 87.3 cm³/mol. The van der Waals surface area contributed by atoms with Crippen LogP contribution >= 0.6 is 0 Å². The number of rotatable bonds is 5. The summed E-state index contributed by atoms with van der Waals surface area (Å²) in [6.07, 6.45) is -6.39. The second kappa shape index (κ2) is 19.8. The zero-order valence-electron chi connectivity index (χ0n) is 15.1. The SMILES string of the molecule is CC(C)=O.CC(C)=O.CC(C)=O.OC[C@@H](O)[C@@H](O)[C@H](O)[C@H](O)CO. The van der Waals surface area contributed by atoms with Crippen molar-refractivity contribution in [3.05, 3.63) is 0 Å². The largest absolute Gasteiger partial charge is 0.394 e. The highest BCUT2D eigenvalue weighted by Crippen LogP contribution is 2.03. The van der Waals surface area contributed by atoms with E-state index < -0.39 is 37.6 Å². The van der Waals surface area contributed by atoms with Crippen LogP contribution < -0.4 is 0 Å². The first-order valence-electron chi connectivity index (χ1n) is 7.09. The van der Waals surface area contributed by atoms with Crippen molar-refractivity contribution in [3.63, 3.8) is 0 Å². The zero-order valence-corrected chi connectivity index (χ0v) is 15.1. The fraction of sp³-hybridized carbons (Fsp3) is 0.800. The first kappa shape index (κ1) is 30.6. The van der Waals surface area contributed by atoms with Gasteiger partial charge in [0.2, 0.25) is 0 Å². The lowest BCUT2D eigenvalue weighted by Crippen LogP contribution is -2.46. The molecular formula is C15H32O9. The molecule has 146 valence electrons. The van der Waals surface area contributed by atoms with Crippen molar-refractivity contribution in [2.24, 2.45) is 0 Å². The third-order valence-electron chi connectivity index (χ3n) is 1.51. The fourth-order valence-electron chi connectivity index (χ4n) is 0.671. The molecule has 0 bridgehead atoms. The smallest absolute Gasteiger partial charge is 0.126 e. The molecule has 0 aliphatic carbocycles. The summed E-state index contributed by atoms with van der Waals surface area (Å²) in [6, 6.07) is 0. The summed E-state index contributed by atoms with van der Waals surface area (Å²) < 4.78 is 0. The van der Waals surface area contributed by atoms with Gasteiger partial charge in [0.05, 0.1) is 13.2 Å². The van der Waals surface area contributed by atoms with Crippen molar-refractivity contribution in [2.45, 2.75) is 66.0 Å². The highest BCUT2D eigenvalue weighted by molar-refractivity contribution is 5.72. The van der Waals surface area contributed by atoms with Crippen LogP contribution in [0.5, 0.6) is 0 Å². The molecule has 6 N–H and O–H groups in total. The number of hydrogen-bond donors (Lipinski definition) is 6. The van der Waals surface area contributed by atoms with Crippen LogP contribution in [0.1, 0.15) is 41.5 Å². The van der Waals surface area contributed by atoms with Gasteiger partial charge in [-0.3, -0.25) is 0 Å². The second-order valence-corrected chi connectivity index (χ2v) is 5.21. The molecule has 0 radical (unpaired) electrons. The van der Waals surface area contributed by atoms with Crippen LogP contribution in [0, 0.1) is 0 Å². The molecule has 0 spiro atoms. The molecule has 0 unspecified atom stereocenters. The molecular weight excluding hydrogens is 324 g/mol. The van der Waals surface area contributed by atoms with Crippen molar-refractivity contribution in [1.29, 1.82) is 0 Å². The summed E-state index contributed by atoms with van der Waals surface area (Å²) >= 11 is 0. The van der Waals surface area contributed by atoms with Crippen molar-refractivity contribution < 1.29 is 45.0 Å². The number of Topliss-reactive ketones (excluding diaryl/α,β-unsaturated/α-hetero) is 3. The first-order chi connectivity index (χ1) is 10.7. The van der Waals surface area contributed by atoms with Crippen LogP contribution in [0.2, 0.25) is 0 Å². The lowest BCUT2D eigenvalue weighted by molar-refractivity contribution is -0.123. The van der Waals surface area contributed by atoms with Gasteiger partial charge in [-0.1, -0.05) is 0 Å². The maximum Gasteiger partial charge on any atom is 0.126 e. The van der Waals surface area contributed by atoms with Crippen LogP contribution in [-0.4, -0.2) is 85.6 Å². The minimum absolute atomic E-state index is 0.167. The monoisotopic (exact) mass is 356 g/mol. The molecule has 9 heteroatoms. The van der Waals surface area contributed by atoms with Gasteiger partial charge in [0.15, 0.2) is 0 Å². The standard InChI is InChI=1S/C6H14O6.3C3H6O/c7-1-3(9)5(11)6(12)4(10)2-8;3*1-3(2)4/h3-12H,1-2H2;3*1-2H3/t3-,4-,5-,6-;;;/m1.../s1. The lowest BCUT2D eigenvalue weighted by atomic mass is 10.0. The minimum Gasteiger partial charge on any atom is -0.394 e. The Morgan fingerprint density at radius 1 is 0.583 bits per heavy atom. The highest BCUT2D eigenvalue weighted by Gasteiger charge is 2.29. The van der Waals surface area contributed by atoms with Gasteiger partial charge in [0.1, 0.15) is 41.8 Å². The van der Waals surface area contributed by atoms with E-state index in [9.17, 15) is 14.4 Å². The molecule has 0 rings (SSSR count). The maximum atomic E-state index is 9.44. The van der Waals surface area contributed by atoms with E-state index in [2.05, 4.69) is 0 Å². The third kappa shape index (κ3) is 37.2. The van der Waals surface area contributed by atoms with Gasteiger partial charge in [-0.2, -0.15) is 0 Å². The van der Waals surface area contributed by atoms with E-state index in [1.165, 1.54) is 41.5 Å². The normalized spacial score (nSPS) is 14.0. The predicted octanol–water partition coefficient (Wildman–Crippen LogP) is -1.80. The highest BCUT2D eigenvalue weighted by atomic mass is 16.4. The Bertz CT molecular complexity index is 276. The Morgan fingerprint density at radius 3 is 0.792 bits per heavy atom. The number of aliphatic hydroxyl groups is 6. The Kier molecular flexibility index (Phi) is 25.3. The van der Waals surface area contributed by atoms with Gasteiger partial charge in [0, 0.05) is 0 Å². The van der Waals surface area contributed by atoms with Gasteiger partial charge in [0.25, 0.3) is 0 Å². The van der Waals surface area contributed by atoms with Crippen LogP contribution in [-0.2, 0) is 14.4 Å². The van der Waals surface area contributed by atoms with Gasteiger partial charge >= 0.3 is 0 Å². The minimum atomic E-state index is -1.67. The quantitative estimate of drug-likeness (QED) is 0.332. The van der Waals surface area contributed by atoms with E-state index in [4.69, 9.17) is 30.6 Å². The van der Waals surface area contributed by atoms with Crippen LogP contribution in [0.15, 0.2) is 0 Å². The van der Waals surface area contributed by atoms with E-state index in [1.807, 2.05) is 0 Å². The van der Waals surface area contributed by atoms with Crippen LogP contribution in [0.25, 0.3) is 0 Å². The van der Waals surface area contributed by atoms with Gasteiger partial charge in [-0.05, 0) is 41.5 Å². The van der Waals surface area contributed by atoms with E-state index in [0.717, 1.165) is 0 Å². The molecule has 0 aromatic heterocycles. The van der Waals surface area contributed by atoms with Crippen LogP contribution in [0.3, 0.4) is 0 Å².